The Labute approximate surface area is 215 Å². The molecule has 0 unspecified atom stereocenters. The molecule has 16 heteroatoms. The van der Waals surface area contributed by atoms with Gasteiger partial charge in [0.05, 0.1) is 16.3 Å². The molecule has 1 heterocycles. The van der Waals surface area contributed by atoms with Crippen LogP contribution in [0.25, 0.3) is 0 Å². The fraction of sp³-hybridized carbons (Fsp3) is 0.300. The highest BCUT2D eigenvalue weighted by molar-refractivity contribution is 6.33. The molecule has 2 amide bonds. The van der Waals surface area contributed by atoms with Crippen molar-refractivity contribution in [1.82, 2.24) is 20.6 Å². The molecule has 1 aliphatic rings. The molecule has 1 fully saturated rings. The first-order valence-electron chi connectivity index (χ1n) is 10.7. The van der Waals surface area contributed by atoms with Crippen LogP contribution >= 0.6 is 23.2 Å². The number of carbonyl (C=O) groups is 2. The lowest BCUT2D eigenvalue weighted by molar-refractivity contribution is 0.0991. The predicted octanol–water partition coefficient (Wildman–Crippen LogP) is 0.213. The van der Waals surface area contributed by atoms with E-state index in [1.165, 1.54) is 12.1 Å². The van der Waals surface area contributed by atoms with E-state index in [-0.39, 0.29) is 68.4 Å². The summed E-state index contributed by atoms with van der Waals surface area (Å²) in [5.41, 5.74) is 34.7. The van der Waals surface area contributed by atoms with Crippen molar-refractivity contribution in [3.63, 3.8) is 0 Å². The van der Waals surface area contributed by atoms with E-state index in [9.17, 15) is 9.59 Å². The second-order valence-corrected chi connectivity index (χ2v) is 8.80. The Balaban J connectivity index is 1.52. The third-order valence-corrected chi connectivity index (χ3v) is 5.99. The molecular formula is C20H26Cl2N12O2. The molecule has 1 aliphatic carbocycles. The van der Waals surface area contributed by atoms with Gasteiger partial charge < -0.3 is 45.0 Å². The summed E-state index contributed by atoms with van der Waals surface area (Å²) in [7, 11) is 0. The van der Waals surface area contributed by atoms with Crippen LogP contribution in [0, 0.1) is 0 Å². The number of nitrogens with two attached hydrogens (primary N) is 6. The molecule has 192 valence electrons. The van der Waals surface area contributed by atoms with Crippen LogP contribution in [-0.4, -0.2) is 45.8 Å². The van der Waals surface area contributed by atoms with Crippen LogP contribution < -0.4 is 45.0 Å². The minimum atomic E-state index is -0.807. The Morgan fingerprint density at radius 1 is 0.806 bits per heavy atom. The number of hydrogen-bond acceptors (Lipinski definition) is 8. The second kappa shape index (κ2) is 11.1. The summed E-state index contributed by atoms with van der Waals surface area (Å²) < 4.78 is 0. The van der Waals surface area contributed by atoms with Gasteiger partial charge in [-0.05, 0) is 37.8 Å². The SMILES string of the molecule is N/C(=N\C(=O)c1cc(Cl)c(N)cc1N)N[C@H]1CC[C@@H](N/C(N)=N/C(=O)c2nc(Cl)c(N)nc2N)CC1. The lowest BCUT2D eigenvalue weighted by Crippen LogP contribution is -2.47. The van der Waals surface area contributed by atoms with Gasteiger partial charge in [-0.15, -0.1) is 0 Å². The van der Waals surface area contributed by atoms with Gasteiger partial charge in [-0.3, -0.25) is 9.59 Å². The first-order valence-corrected chi connectivity index (χ1v) is 11.4. The lowest BCUT2D eigenvalue weighted by atomic mass is 9.91. The standard InChI is InChI=1S/C20H26Cl2N12O2/c21-10-5-9(11(23)6-12(10)24)17(35)33-19(27)29-7-1-3-8(4-2-7)30-20(28)34-18(36)13-15(25)32-16(26)14(22)31-13/h5-8H,1-4,23-24H2,(H4,25,26,32)(H3,27,29,33,35)(H3,28,30,34,36)/t7-,8+. The zero-order valence-corrected chi connectivity index (χ0v) is 20.5. The molecule has 1 saturated carbocycles. The maximum atomic E-state index is 12.4. The molecule has 0 atom stereocenters. The summed E-state index contributed by atoms with van der Waals surface area (Å²) in [6.45, 7) is 0. The maximum absolute atomic E-state index is 12.4. The highest BCUT2D eigenvalue weighted by Gasteiger charge is 2.23. The van der Waals surface area contributed by atoms with Crippen molar-refractivity contribution in [3.8, 4) is 0 Å². The van der Waals surface area contributed by atoms with E-state index in [0.29, 0.717) is 25.7 Å². The first-order chi connectivity index (χ1) is 16.9. The number of nitrogens with one attached hydrogen (secondary N) is 2. The number of aromatic nitrogens is 2. The molecule has 14 nitrogen and oxygen atoms in total. The van der Waals surface area contributed by atoms with Crippen molar-refractivity contribution < 1.29 is 9.59 Å². The maximum Gasteiger partial charge on any atom is 0.302 e. The molecule has 14 N–H and O–H groups in total. The predicted molar refractivity (Wildman–Crippen MR) is 140 cm³/mol. The summed E-state index contributed by atoms with van der Waals surface area (Å²) in [5.74, 6) is -1.90. The Morgan fingerprint density at radius 2 is 1.33 bits per heavy atom. The van der Waals surface area contributed by atoms with E-state index >= 15 is 0 Å². The number of aliphatic imine (C=N–C) groups is 2. The molecule has 3 rings (SSSR count). The van der Waals surface area contributed by atoms with Gasteiger partial charge in [0.25, 0.3) is 5.91 Å². The smallest absolute Gasteiger partial charge is 0.302 e. The number of anilines is 4. The number of carbonyl (C=O) groups excluding carboxylic acids is 2. The van der Waals surface area contributed by atoms with E-state index in [4.69, 9.17) is 57.6 Å². The van der Waals surface area contributed by atoms with Gasteiger partial charge in [-0.2, -0.15) is 9.98 Å². The normalized spacial score (nSPS) is 18.5. The third-order valence-electron chi connectivity index (χ3n) is 5.38. The average molecular weight is 537 g/mol. The van der Waals surface area contributed by atoms with Crippen molar-refractivity contribution >= 4 is 69.9 Å². The van der Waals surface area contributed by atoms with Gasteiger partial charge in [-0.1, -0.05) is 23.2 Å². The molecule has 0 spiro atoms. The lowest BCUT2D eigenvalue weighted by Gasteiger charge is -2.30. The van der Waals surface area contributed by atoms with Gasteiger partial charge in [-0.25, -0.2) is 9.97 Å². The van der Waals surface area contributed by atoms with E-state index in [1.54, 1.807) is 0 Å². The molecule has 0 bridgehead atoms. The van der Waals surface area contributed by atoms with Gasteiger partial charge in [0.1, 0.15) is 0 Å². The number of rotatable bonds is 4. The first kappa shape index (κ1) is 26.6. The monoisotopic (exact) mass is 536 g/mol. The molecule has 1 aromatic carbocycles. The fourth-order valence-electron chi connectivity index (χ4n) is 3.59. The van der Waals surface area contributed by atoms with Crippen LogP contribution in [0.4, 0.5) is 23.0 Å². The van der Waals surface area contributed by atoms with Crippen molar-refractivity contribution in [1.29, 1.82) is 0 Å². The molecule has 0 radical (unpaired) electrons. The van der Waals surface area contributed by atoms with Crippen LogP contribution in [0.15, 0.2) is 22.1 Å². The number of benzene rings is 1. The summed E-state index contributed by atoms with van der Waals surface area (Å²) >= 11 is 11.7. The van der Waals surface area contributed by atoms with Crippen LogP contribution in [0.2, 0.25) is 10.2 Å². The van der Waals surface area contributed by atoms with E-state index in [0.717, 1.165) is 0 Å². The van der Waals surface area contributed by atoms with Crippen LogP contribution in [0.1, 0.15) is 46.5 Å². The minimum Gasteiger partial charge on any atom is -0.398 e. The van der Waals surface area contributed by atoms with Crippen molar-refractivity contribution in [2.45, 2.75) is 37.8 Å². The van der Waals surface area contributed by atoms with Gasteiger partial charge in [0, 0.05) is 17.8 Å². The van der Waals surface area contributed by atoms with Crippen LogP contribution in [0.3, 0.4) is 0 Å². The molecule has 36 heavy (non-hydrogen) atoms. The summed E-state index contributed by atoms with van der Waals surface area (Å²) in [6.07, 6.45) is 2.73. The number of guanidine groups is 2. The number of nitrogen functional groups attached to an aromatic ring is 4. The number of amides is 2. The van der Waals surface area contributed by atoms with Crippen molar-refractivity contribution in [2.24, 2.45) is 21.5 Å². The molecule has 0 saturated heterocycles. The Morgan fingerprint density at radius 3 is 1.89 bits per heavy atom. The van der Waals surface area contributed by atoms with E-state index < -0.39 is 11.8 Å². The van der Waals surface area contributed by atoms with E-state index in [1.807, 2.05) is 0 Å². The topological polar surface area (TPSA) is 265 Å². The molecule has 0 aliphatic heterocycles. The summed E-state index contributed by atoms with van der Waals surface area (Å²) in [4.78, 5) is 39.9. The Bertz CT molecular complexity index is 1150. The molecule has 2 aromatic rings. The number of halogens is 2. The molecule has 1 aromatic heterocycles. The van der Waals surface area contributed by atoms with Gasteiger partial charge in [0.2, 0.25) is 0 Å². The number of nitrogens with zero attached hydrogens (tertiary/aromatic N) is 4. The van der Waals surface area contributed by atoms with Crippen molar-refractivity contribution in [3.05, 3.63) is 33.6 Å². The average Bonchev–Trinajstić information content (AvgIpc) is 2.79. The Kier molecular flexibility index (Phi) is 8.22. The fourth-order valence-corrected chi connectivity index (χ4v) is 3.88. The minimum absolute atomic E-state index is 0.0289. The highest BCUT2D eigenvalue weighted by Crippen LogP contribution is 2.26. The van der Waals surface area contributed by atoms with Crippen LogP contribution in [0.5, 0.6) is 0 Å². The zero-order chi connectivity index (χ0) is 26.6. The van der Waals surface area contributed by atoms with Crippen molar-refractivity contribution in [2.75, 3.05) is 22.9 Å². The Hall–Kier alpha value is -4.04. The second-order valence-electron chi connectivity index (χ2n) is 8.04. The zero-order valence-electron chi connectivity index (χ0n) is 19.0. The quantitative estimate of drug-likeness (QED) is 0.148. The number of hydrogen-bond donors (Lipinski definition) is 8. The van der Waals surface area contributed by atoms with E-state index in [2.05, 4.69) is 30.6 Å². The largest absolute Gasteiger partial charge is 0.398 e. The molecular weight excluding hydrogens is 511 g/mol. The van der Waals surface area contributed by atoms with Gasteiger partial charge >= 0.3 is 5.91 Å². The summed E-state index contributed by atoms with van der Waals surface area (Å²) in [6, 6.07) is 2.66. The van der Waals surface area contributed by atoms with Crippen LogP contribution in [-0.2, 0) is 0 Å². The highest BCUT2D eigenvalue weighted by atomic mass is 35.5. The summed E-state index contributed by atoms with van der Waals surface area (Å²) in [5, 5.41) is 6.04. The van der Waals surface area contributed by atoms with Gasteiger partial charge in [0.15, 0.2) is 34.4 Å². The third kappa shape index (κ3) is 6.55.